The minimum absolute atomic E-state index is 0.135. The summed E-state index contributed by atoms with van der Waals surface area (Å²) in [6.07, 6.45) is 15.0. The average Bonchev–Trinajstić information content (AvgIpc) is 2.72. The molecule has 0 atom stereocenters. The molecule has 2 radical (unpaired) electrons. The van der Waals surface area contributed by atoms with Crippen LogP contribution >= 0.6 is 0 Å². The van der Waals surface area contributed by atoms with Crippen molar-refractivity contribution in [3.8, 4) is 0 Å². The van der Waals surface area contributed by atoms with Crippen LogP contribution in [0, 0.1) is 23.5 Å². The smallest absolute Gasteiger partial charge is 0.162 e. The Morgan fingerprint density at radius 2 is 1.04 bits per heavy atom. The molecule has 1 aromatic carbocycles. The van der Waals surface area contributed by atoms with Crippen LogP contribution < -0.4 is 0 Å². The molecular weight excluding hydrogens is 337 g/mol. The van der Waals surface area contributed by atoms with Crippen molar-refractivity contribution in [3.63, 3.8) is 0 Å². The van der Waals surface area contributed by atoms with E-state index in [1.165, 1.54) is 44.9 Å². The lowest BCUT2D eigenvalue weighted by atomic mass is 9.69. The summed E-state index contributed by atoms with van der Waals surface area (Å²) in [5.74, 6) is 1.13. The molecule has 0 aromatic heterocycles. The number of benzene rings is 1. The molecule has 0 spiro atoms. The zero-order valence-electron chi connectivity index (χ0n) is 16.6. The molecule has 0 unspecified atom stereocenters. The summed E-state index contributed by atoms with van der Waals surface area (Å²) in [6.45, 7) is 0. The van der Waals surface area contributed by atoms with Gasteiger partial charge in [0.05, 0.1) is 7.85 Å². The fourth-order valence-corrected chi connectivity index (χ4v) is 6.15. The molecule has 0 aliphatic heterocycles. The maximum atomic E-state index is 14.9. The van der Waals surface area contributed by atoms with Crippen LogP contribution in [0.25, 0.3) is 0 Å². The minimum atomic E-state index is -0.581. The van der Waals surface area contributed by atoms with Gasteiger partial charge < -0.3 is 0 Å². The lowest BCUT2D eigenvalue weighted by Crippen LogP contribution is -2.23. The third-order valence-corrected chi connectivity index (χ3v) is 7.88. The number of halogens is 2. The minimum Gasteiger partial charge on any atom is -0.203 e. The van der Waals surface area contributed by atoms with Gasteiger partial charge in [0, 0.05) is 0 Å². The summed E-state index contributed by atoms with van der Waals surface area (Å²) < 4.78 is 29.8. The Morgan fingerprint density at radius 3 is 1.56 bits per heavy atom. The Hall–Kier alpha value is -0.855. The molecule has 3 fully saturated rings. The molecule has 0 bridgehead atoms. The SMILES string of the molecule is [B]C1CCC(c2ccc(C3CCC(C4CCCCC4)CC3)c(F)c2F)CC1. The summed E-state index contributed by atoms with van der Waals surface area (Å²) in [6, 6.07) is 3.77. The molecule has 3 saturated carbocycles. The van der Waals surface area contributed by atoms with Gasteiger partial charge in [-0.25, -0.2) is 8.78 Å². The Labute approximate surface area is 164 Å². The molecular formula is C24H33BF2. The highest BCUT2D eigenvalue weighted by molar-refractivity contribution is 6.11. The molecule has 0 amide bonds. The van der Waals surface area contributed by atoms with Crippen LogP contribution in [-0.2, 0) is 0 Å². The normalized spacial score (nSPS) is 33.1. The first-order valence-electron chi connectivity index (χ1n) is 11.4. The van der Waals surface area contributed by atoms with E-state index in [-0.39, 0.29) is 17.7 Å². The van der Waals surface area contributed by atoms with Crippen LogP contribution in [0.4, 0.5) is 8.78 Å². The van der Waals surface area contributed by atoms with E-state index in [1.54, 1.807) is 0 Å². The maximum Gasteiger partial charge on any atom is 0.162 e. The molecule has 1 aromatic rings. The van der Waals surface area contributed by atoms with Gasteiger partial charge in [-0.15, -0.1) is 0 Å². The summed E-state index contributed by atoms with van der Waals surface area (Å²) in [5, 5.41) is 0. The Morgan fingerprint density at radius 1 is 0.593 bits per heavy atom. The van der Waals surface area contributed by atoms with E-state index >= 15 is 0 Å². The van der Waals surface area contributed by atoms with Crippen molar-refractivity contribution in [1.82, 2.24) is 0 Å². The summed E-state index contributed by atoms with van der Waals surface area (Å²) in [5.41, 5.74) is 1.21. The van der Waals surface area contributed by atoms with Crippen molar-refractivity contribution in [1.29, 1.82) is 0 Å². The van der Waals surface area contributed by atoms with Crippen LogP contribution in [0.2, 0.25) is 5.82 Å². The highest BCUT2D eigenvalue weighted by atomic mass is 19.2. The van der Waals surface area contributed by atoms with Crippen molar-refractivity contribution in [2.24, 2.45) is 11.8 Å². The molecule has 3 aliphatic carbocycles. The van der Waals surface area contributed by atoms with Gasteiger partial charge in [-0.3, -0.25) is 0 Å². The fourth-order valence-electron chi connectivity index (χ4n) is 6.15. The van der Waals surface area contributed by atoms with Crippen LogP contribution in [-0.4, -0.2) is 7.85 Å². The van der Waals surface area contributed by atoms with Gasteiger partial charge in [0.2, 0.25) is 0 Å². The summed E-state index contributed by atoms with van der Waals surface area (Å²) >= 11 is 0. The van der Waals surface area contributed by atoms with Crippen molar-refractivity contribution >= 4 is 7.85 Å². The van der Waals surface area contributed by atoms with Gasteiger partial charge in [-0.05, 0) is 73.3 Å². The highest BCUT2D eigenvalue weighted by Crippen LogP contribution is 2.45. The second-order valence-corrected chi connectivity index (χ2v) is 9.49. The topological polar surface area (TPSA) is 0 Å². The Bertz CT molecular complexity index is 622. The van der Waals surface area contributed by atoms with E-state index in [9.17, 15) is 8.78 Å². The number of rotatable bonds is 3. The maximum absolute atomic E-state index is 14.9. The van der Waals surface area contributed by atoms with Crippen LogP contribution in [0.3, 0.4) is 0 Å². The molecule has 146 valence electrons. The second kappa shape index (κ2) is 8.66. The average molecular weight is 370 g/mol. The summed E-state index contributed by atoms with van der Waals surface area (Å²) in [7, 11) is 5.96. The van der Waals surface area contributed by atoms with E-state index in [1.807, 2.05) is 12.1 Å². The quantitative estimate of drug-likeness (QED) is 0.485. The molecule has 0 heterocycles. The van der Waals surface area contributed by atoms with E-state index in [0.29, 0.717) is 11.1 Å². The molecule has 0 saturated heterocycles. The predicted molar refractivity (Wildman–Crippen MR) is 108 cm³/mol. The van der Waals surface area contributed by atoms with Gasteiger partial charge in [0.15, 0.2) is 11.6 Å². The van der Waals surface area contributed by atoms with Gasteiger partial charge in [-0.1, -0.05) is 62.9 Å². The molecule has 0 N–H and O–H groups in total. The van der Waals surface area contributed by atoms with Crippen LogP contribution in [0.5, 0.6) is 0 Å². The predicted octanol–water partition coefficient (Wildman–Crippen LogP) is 7.43. The van der Waals surface area contributed by atoms with Crippen molar-refractivity contribution < 1.29 is 8.78 Å². The first-order valence-corrected chi connectivity index (χ1v) is 11.4. The van der Waals surface area contributed by atoms with E-state index in [0.717, 1.165) is 50.4 Å². The third kappa shape index (κ3) is 4.27. The summed E-state index contributed by atoms with van der Waals surface area (Å²) in [4.78, 5) is 0. The number of hydrogen-bond donors (Lipinski definition) is 0. The van der Waals surface area contributed by atoms with Gasteiger partial charge in [0.1, 0.15) is 0 Å². The monoisotopic (exact) mass is 370 g/mol. The largest absolute Gasteiger partial charge is 0.203 e. The van der Waals surface area contributed by atoms with Crippen molar-refractivity contribution in [2.75, 3.05) is 0 Å². The van der Waals surface area contributed by atoms with E-state index in [4.69, 9.17) is 7.85 Å². The lowest BCUT2D eigenvalue weighted by molar-refractivity contribution is 0.185. The lowest BCUT2D eigenvalue weighted by Gasteiger charge is -2.36. The molecule has 27 heavy (non-hydrogen) atoms. The van der Waals surface area contributed by atoms with Crippen LogP contribution in [0.1, 0.15) is 106 Å². The van der Waals surface area contributed by atoms with Gasteiger partial charge >= 0.3 is 0 Å². The fraction of sp³-hybridized carbons (Fsp3) is 0.750. The van der Waals surface area contributed by atoms with Crippen molar-refractivity contribution in [2.45, 2.75) is 101 Å². The zero-order chi connectivity index (χ0) is 18.8. The highest BCUT2D eigenvalue weighted by Gasteiger charge is 2.31. The standard InChI is InChI=1S/C24H33BF2/c25-20-12-10-19(11-13-20)22-15-14-21(23(26)24(22)27)18-8-6-17(7-9-18)16-4-2-1-3-5-16/h14-20H,1-13H2. The molecule has 4 rings (SSSR count). The first kappa shape index (κ1) is 19.5. The third-order valence-electron chi connectivity index (χ3n) is 7.88. The zero-order valence-corrected chi connectivity index (χ0v) is 16.6. The molecule has 3 heteroatoms. The molecule has 3 aliphatic rings. The van der Waals surface area contributed by atoms with Crippen molar-refractivity contribution in [3.05, 3.63) is 34.9 Å². The Kier molecular flexibility index (Phi) is 6.24. The van der Waals surface area contributed by atoms with Gasteiger partial charge in [-0.2, -0.15) is 0 Å². The van der Waals surface area contributed by atoms with Crippen LogP contribution in [0.15, 0.2) is 12.1 Å². The van der Waals surface area contributed by atoms with Gasteiger partial charge in [0.25, 0.3) is 0 Å². The van der Waals surface area contributed by atoms with E-state index < -0.39 is 11.6 Å². The second-order valence-electron chi connectivity index (χ2n) is 9.49. The van der Waals surface area contributed by atoms with E-state index in [2.05, 4.69) is 0 Å². The Balaban J connectivity index is 1.41. The molecule has 0 nitrogen and oxygen atoms in total. The number of hydrogen-bond acceptors (Lipinski definition) is 0. The first-order chi connectivity index (χ1) is 13.1.